The molecule has 0 spiro atoms. The Morgan fingerprint density at radius 2 is 1.79 bits per heavy atom. The predicted octanol–water partition coefficient (Wildman–Crippen LogP) is 3.08. The first kappa shape index (κ1) is 16.0. The number of ether oxygens (including phenoxy) is 2. The fraction of sp³-hybridized carbons (Fsp3) is 0.500. The molecule has 0 aliphatic heterocycles. The van der Waals surface area contributed by atoms with Crippen LogP contribution in [-0.4, -0.2) is 33.3 Å². The Kier molecular flexibility index (Phi) is 5.81. The summed E-state index contributed by atoms with van der Waals surface area (Å²) in [7, 11) is 4.59. The van der Waals surface area contributed by atoms with Crippen LogP contribution in [0.1, 0.15) is 5.56 Å². The largest absolute Gasteiger partial charge is 0.496 e. The summed E-state index contributed by atoms with van der Waals surface area (Å²) in [5, 5.41) is 2.98. The molecule has 0 bridgehead atoms. The van der Waals surface area contributed by atoms with Crippen molar-refractivity contribution in [3.63, 3.8) is 0 Å². The van der Waals surface area contributed by atoms with Gasteiger partial charge in [-0.15, -0.1) is 0 Å². The zero-order valence-electron chi connectivity index (χ0n) is 10.9. The molecule has 1 aromatic rings. The quantitative estimate of drug-likeness (QED) is 0.817. The summed E-state index contributed by atoms with van der Waals surface area (Å²) in [5.41, 5.74) is -3.55. The van der Waals surface area contributed by atoms with Gasteiger partial charge in [-0.2, -0.15) is 13.2 Å². The van der Waals surface area contributed by atoms with E-state index in [0.29, 0.717) is 18.7 Å². The number of hydrogen-bond donors (Lipinski definition) is 1. The number of halogens is 3. The van der Waals surface area contributed by atoms with Crippen molar-refractivity contribution in [3.8, 4) is 11.5 Å². The summed E-state index contributed by atoms with van der Waals surface area (Å²) >= 11 is -0.207. The Hall–Kier alpha value is -1.08. The van der Waals surface area contributed by atoms with Crippen molar-refractivity contribution in [2.45, 2.75) is 16.8 Å². The molecule has 0 atom stereocenters. The topological polar surface area (TPSA) is 30.5 Å². The molecule has 0 saturated carbocycles. The van der Waals surface area contributed by atoms with Crippen LogP contribution in [0.25, 0.3) is 0 Å². The maximum absolute atomic E-state index is 12.5. The number of methoxy groups -OCH3 is 2. The van der Waals surface area contributed by atoms with E-state index in [0.717, 1.165) is 5.56 Å². The summed E-state index contributed by atoms with van der Waals surface area (Å²) in [6.45, 7) is 0.700. The number of nitrogens with one attached hydrogen (secondary N) is 1. The van der Waals surface area contributed by atoms with E-state index in [1.54, 1.807) is 13.1 Å². The lowest BCUT2D eigenvalue weighted by Gasteiger charge is -2.15. The van der Waals surface area contributed by atoms with Gasteiger partial charge >= 0.3 is 5.51 Å². The van der Waals surface area contributed by atoms with Crippen molar-refractivity contribution in [2.75, 3.05) is 27.8 Å². The van der Waals surface area contributed by atoms with Gasteiger partial charge in [0, 0.05) is 0 Å². The summed E-state index contributed by atoms with van der Waals surface area (Å²) in [4.78, 5) is 0.0000534. The number of likely N-dealkylation sites (N-methyl/N-ethyl adjacent to an activating group) is 1. The van der Waals surface area contributed by atoms with Crippen LogP contribution in [0.2, 0.25) is 0 Å². The lowest BCUT2D eigenvalue weighted by Crippen LogP contribution is -2.11. The minimum absolute atomic E-state index is 0.0000534. The number of thioether (sulfide) groups is 1. The lowest BCUT2D eigenvalue weighted by atomic mass is 10.1. The van der Waals surface area contributed by atoms with E-state index in [1.165, 1.54) is 20.3 Å². The zero-order chi connectivity index (χ0) is 14.5. The van der Waals surface area contributed by atoms with E-state index in [-0.39, 0.29) is 22.4 Å². The van der Waals surface area contributed by atoms with Crippen molar-refractivity contribution in [1.29, 1.82) is 0 Å². The van der Waals surface area contributed by atoms with Crippen molar-refractivity contribution >= 4 is 11.8 Å². The Morgan fingerprint density at radius 1 is 1.16 bits per heavy atom. The summed E-state index contributed by atoms with van der Waals surface area (Å²) in [6.07, 6.45) is 0.646. The minimum atomic E-state index is -4.36. The van der Waals surface area contributed by atoms with Crippen LogP contribution in [-0.2, 0) is 6.42 Å². The molecule has 7 heteroatoms. The van der Waals surface area contributed by atoms with Gasteiger partial charge < -0.3 is 14.8 Å². The standard InChI is InChI=1S/C12H16F3NO2S/c1-16-5-4-8-6-10(18-3)11(7-9(8)17-2)19-12(13,14)15/h6-7,16H,4-5H2,1-3H3. The van der Waals surface area contributed by atoms with Gasteiger partial charge in [0.1, 0.15) is 11.5 Å². The number of rotatable bonds is 6. The molecule has 3 nitrogen and oxygen atoms in total. The van der Waals surface area contributed by atoms with Gasteiger partial charge in [-0.05, 0) is 49.5 Å². The number of hydrogen-bond acceptors (Lipinski definition) is 4. The minimum Gasteiger partial charge on any atom is -0.496 e. The average Bonchev–Trinajstić information content (AvgIpc) is 2.34. The monoisotopic (exact) mass is 295 g/mol. The number of alkyl halides is 3. The van der Waals surface area contributed by atoms with E-state index in [4.69, 9.17) is 9.47 Å². The van der Waals surface area contributed by atoms with Gasteiger partial charge in [-0.25, -0.2) is 0 Å². The van der Waals surface area contributed by atoms with Gasteiger partial charge in [0.2, 0.25) is 0 Å². The van der Waals surface area contributed by atoms with Crippen molar-refractivity contribution in [1.82, 2.24) is 5.32 Å². The molecule has 0 saturated heterocycles. The Labute approximate surface area is 114 Å². The van der Waals surface area contributed by atoms with Gasteiger partial charge in [0.25, 0.3) is 0 Å². The molecule has 0 amide bonds. The molecular formula is C12H16F3NO2S. The lowest BCUT2D eigenvalue weighted by molar-refractivity contribution is -0.0328. The smallest absolute Gasteiger partial charge is 0.446 e. The molecule has 19 heavy (non-hydrogen) atoms. The summed E-state index contributed by atoms with van der Waals surface area (Å²) in [5.74, 6) is 0.636. The summed E-state index contributed by atoms with van der Waals surface area (Å²) < 4.78 is 47.5. The molecule has 0 fully saturated rings. The molecule has 0 aliphatic rings. The molecule has 0 aromatic heterocycles. The van der Waals surface area contributed by atoms with E-state index in [2.05, 4.69) is 5.32 Å². The van der Waals surface area contributed by atoms with E-state index < -0.39 is 5.51 Å². The molecular weight excluding hydrogens is 279 g/mol. The highest BCUT2D eigenvalue weighted by molar-refractivity contribution is 8.00. The second-order valence-electron chi connectivity index (χ2n) is 3.72. The molecule has 1 aromatic carbocycles. The normalized spacial score (nSPS) is 11.5. The first-order chi connectivity index (χ1) is 8.91. The molecule has 1 N–H and O–H groups in total. The van der Waals surface area contributed by atoms with Crippen LogP contribution in [0.4, 0.5) is 13.2 Å². The highest BCUT2D eigenvalue weighted by Crippen LogP contribution is 2.44. The fourth-order valence-corrected chi connectivity index (χ4v) is 2.25. The third kappa shape index (κ3) is 4.83. The first-order valence-corrected chi connectivity index (χ1v) is 6.38. The average molecular weight is 295 g/mol. The third-order valence-electron chi connectivity index (χ3n) is 2.44. The van der Waals surface area contributed by atoms with Crippen LogP contribution in [0.15, 0.2) is 17.0 Å². The van der Waals surface area contributed by atoms with E-state index in [1.807, 2.05) is 0 Å². The van der Waals surface area contributed by atoms with Gasteiger partial charge in [-0.1, -0.05) is 0 Å². The van der Waals surface area contributed by atoms with Crippen LogP contribution in [0, 0.1) is 0 Å². The summed E-state index contributed by atoms with van der Waals surface area (Å²) in [6, 6.07) is 2.95. The molecule has 108 valence electrons. The fourth-order valence-electron chi connectivity index (χ4n) is 1.59. The van der Waals surface area contributed by atoms with Crippen molar-refractivity contribution in [2.24, 2.45) is 0 Å². The maximum Gasteiger partial charge on any atom is 0.446 e. The van der Waals surface area contributed by atoms with Crippen LogP contribution in [0.3, 0.4) is 0 Å². The Balaban J connectivity index is 3.11. The van der Waals surface area contributed by atoms with Gasteiger partial charge in [0.15, 0.2) is 0 Å². The van der Waals surface area contributed by atoms with Gasteiger partial charge in [0.05, 0.1) is 19.1 Å². The molecule has 0 unspecified atom stereocenters. The van der Waals surface area contributed by atoms with Gasteiger partial charge in [-0.3, -0.25) is 0 Å². The zero-order valence-corrected chi connectivity index (χ0v) is 11.7. The maximum atomic E-state index is 12.5. The number of benzene rings is 1. The van der Waals surface area contributed by atoms with Crippen molar-refractivity contribution in [3.05, 3.63) is 17.7 Å². The Bertz CT molecular complexity index is 424. The highest BCUT2D eigenvalue weighted by Gasteiger charge is 2.31. The van der Waals surface area contributed by atoms with Crippen LogP contribution >= 0.6 is 11.8 Å². The third-order valence-corrected chi connectivity index (χ3v) is 3.21. The van der Waals surface area contributed by atoms with E-state index >= 15 is 0 Å². The molecule has 0 heterocycles. The van der Waals surface area contributed by atoms with E-state index in [9.17, 15) is 13.2 Å². The Morgan fingerprint density at radius 3 is 2.26 bits per heavy atom. The van der Waals surface area contributed by atoms with Crippen LogP contribution in [0.5, 0.6) is 11.5 Å². The molecule has 0 aliphatic carbocycles. The van der Waals surface area contributed by atoms with Crippen LogP contribution < -0.4 is 14.8 Å². The molecule has 0 radical (unpaired) electrons. The predicted molar refractivity (Wildman–Crippen MR) is 69.1 cm³/mol. The molecule has 1 rings (SSSR count). The second-order valence-corrected chi connectivity index (χ2v) is 4.82. The second kappa shape index (κ2) is 6.91. The SMILES string of the molecule is CNCCc1cc(OC)c(SC(F)(F)F)cc1OC. The van der Waals surface area contributed by atoms with Crippen molar-refractivity contribution < 1.29 is 22.6 Å². The first-order valence-electron chi connectivity index (χ1n) is 5.56. The highest BCUT2D eigenvalue weighted by atomic mass is 32.2.